The first-order chi connectivity index (χ1) is 9.90. The topological polar surface area (TPSA) is 45.2 Å². The van der Waals surface area contributed by atoms with Crippen molar-refractivity contribution in [2.75, 3.05) is 18.4 Å². The lowest BCUT2D eigenvalue weighted by atomic mass is 10.2. The SMILES string of the molecule is CCCNc1ccc(C(=O)N(CC(F)(F)F)C2CC2)nc1. The van der Waals surface area contributed by atoms with E-state index in [2.05, 4.69) is 10.3 Å². The number of halogens is 3. The fourth-order valence-corrected chi connectivity index (χ4v) is 1.99. The molecule has 1 aromatic heterocycles. The molecular weight excluding hydrogens is 283 g/mol. The van der Waals surface area contributed by atoms with Gasteiger partial charge >= 0.3 is 6.18 Å². The summed E-state index contributed by atoms with van der Waals surface area (Å²) in [6.07, 6.45) is -0.722. The number of nitrogens with zero attached hydrogens (tertiary/aromatic N) is 2. The van der Waals surface area contributed by atoms with Crippen molar-refractivity contribution in [3.63, 3.8) is 0 Å². The van der Waals surface area contributed by atoms with Crippen molar-refractivity contribution in [2.24, 2.45) is 0 Å². The summed E-state index contributed by atoms with van der Waals surface area (Å²) in [6.45, 7) is 1.58. The number of hydrogen-bond donors (Lipinski definition) is 1. The first-order valence-electron chi connectivity index (χ1n) is 6.98. The van der Waals surface area contributed by atoms with Crippen molar-refractivity contribution in [3.05, 3.63) is 24.0 Å². The lowest BCUT2D eigenvalue weighted by Gasteiger charge is -2.23. The molecule has 0 unspecified atom stereocenters. The van der Waals surface area contributed by atoms with E-state index in [0.717, 1.165) is 23.6 Å². The Morgan fingerprint density at radius 3 is 2.62 bits per heavy atom. The first-order valence-corrected chi connectivity index (χ1v) is 6.98. The Morgan fingerprint density at radius 1 is 1.43 bits per heavy atom. The summed E-state index contributed by atoms with van der Waals surface area (Å²) in [7, 11) is 0. The monoisotopic (exact) mass is 301 g/mol. The average Bonchev–Trinajstić information content (AvgIpc) is 3.26. The minimum absolute atomic E-state index is 0.0493. The number of alkyl halides is 3. The molecule has 7 heteroatoms. The molecule has 1 fully saturated rings. The second kappa shape index (κ2) is 6.32. The lowest BCUT2D eigenvalue weighted by Crippen LogP contribution is -2.40. The molecule has 0 aromatic carbocycles. The number of amides is 1. The Labute approximate surface area is 121 Å². The summed E-state index contributed by atoms with van der Waals surface area (Å²) in [4.78, 5) is 17.0. The van der Waals surface area contributed by atoms with Gasteiger partial charge in [0.05, 0.1) is 11.9 Å². The summed E-state index contributed by atoms with van der Waals surface area (Å²) < 4.78 is 37.6. The highest BCUT2D eigenvalue weighted by Gasteiger charge is 2.41. The van der Waals surface area contributed by atoms with Gasteiger partial charge in [-0.05, 0) is 31.4 Å². The van der Waals surface area contributed by atoms with Gasteiger partial charge in [0.2, 0.25) is 0 Å². The van der Waals surface area contributed by atoms with Gasteiger partial charge in [-0.3, -0.25) is 4.79 Å². The maximum atomic E-state index is 12.5. The van der Waals surface area contributed by atoms with Gasteiger partial charge in [0.15, 0.2) is 0 Å². The standard InChI is InChI=1S/C14H18F3N3O/c1-2-7-18-10-3-6-12(19-8-10)13(21)20(11-4-5-11)9-14(15,16)17/h3,6,8,11,18H,2,4-5,7,9H2,1H3. The zero-order valence-corrected chi connectivity index (χ0v) is 11.8. The average molecular weight is 301 g/mol. The smallest absolute Gasteiger partial charge is 0.384 e. The van der Waals surface area contributed by atoms with Crippen molar-refractivity contribution in [2.45, 2.75) is 38.4 Å². The van der Waals surface area contributed by atoms with E-state index in [1.54, 1.807) is 6.07 Å². The van der Waals surface area contributed by atoms with E-state index in [9.17, 15) is 18.0 Å². The van der Waals surface area contributed by atoms with Gasteiger partial charge in [0.25, 0.3) is 5.91 Å². The number of nitrogens with one attached hydrogen (secondary N) is 1. The van der Waals surface area contributed by atoms with Crippen LogP contribution in [0.2, 0.25) is 0 Å². The molecule has 1 aromatic rings. The van der Waals surface area contributed by atoms with E-state index in [-0.39, 0.29) is 11.7 Å². The molecule has 0 radical (unpaired) electrons. The Bertz CT molecular complexity index is 483. The highest BCUT2D eigenvalue weighted by Crippen LogP contribution is 2.31. The second-order valence-corrected chi connectivity index (χ2v) is 5.14. The van der Waals surface area contributed by atoms with Gasteiger partial charge < -0.3 is 10.2 Å². The fourth-order valence-electron chi connectivity index (χ4n) is 1.99. The van der Waals surface area contributed by atoms with Crippen molar-refractivity contribution < 1.29 is 18.0 Å². The maximum Gasteiger partial charge on any atom is 0.406 e. The van der Waals surface area contributed by atoms with E-state index in [0.29, 0.717) is 12.8 Å². The Balaban J connectivity index is 2.06. The van der Waals surface area contributed by atoms with Crippen LogP contribution in [-0.2, 0) is 0 Å². The third-order valence-corrected chi connectivity index (χ3v) is 3.16. The zero-order valence-electron chi connectivity index (χ0n) is 11.8. The summed E-state index contributed by atoms with van der Waals surface area (Å²) in [5.74, 6) is -0.656. The number of carbonyl (C=O) groups excluding carboxylic acids is 1. The summed E-state index contributed by atoms with van der Waals surface area (Å²) in [5, 5.41) is 3.10. The van der Waals surface area contributed by atoms with Gasteiger partial charge in [0, 0.05) is 12.6 Å². The van der Waals surface area contributed by atoms with E-state index in [4.69, 9.17) is 0 Å². The predicted octanol–water partition coefficient (Wildman–Crippen LogP) is 3.07. The van der Waals surface area contributed by atoms with Gasteiger partial charge in [0.1, 0.15) is 12.2 Å². The summed E-state index contributed by atoms with van der Waals surface area (Å²) in [5.41, 5.74) is 0.801. The molecule has 1 heterocycles. The predicted molar refractivity (Wildman–Crippen MR) is 73.1 cm³/mol. The Morgan fingerprint density at radius 2 is 2.14 bits per heavy atom. The molecule has 0 spiro atoms. The molecule has 0 atom stereocenters. The van der Waals surface area contributed by atoms with Crippen LogP contribution in [0.1, 0.15) is 36.7 Å². The molecule has 1 N–H and O–H groups in total. The van der Waals surface area contributed by atoms with Crippen LogP contribution in [0.4, 0.5) is 18.9 Å². The Kier molecular flexibility index (Phi) is 4.69. The first kappa shape index (κ1) is 15.6. The lowest BCUT2D eigenvalue weighted by molar-refractivity contribution is -0.141. The van der Waals surface area contributed by atoms with Crippen molar-refractivity contribution in [3.8, 4) is 0 Å². The number of carbonyl (C=O) groups is 1. The molecule has 21 heavy (non-hydrogen) atoms. The van der Waals surface area contributed by atoms with E-state index >= 15 is 0 Å². The molecule has 1 aliphatic carbocycles. The number of anilines is 1. The van der Waals surface area contributed by atoms with Gasteiger partial charge in [-0.25, -0.2) is 4.98 Å². The van der Waals surface area contributed by atoms with Crippen LogP contribution in [0.15, 0.2) is 18.3 Å². The van der Waals surface area contributed by atoms with Crippen LogP contribution in [0.3, 0.4) is 0 Å². The number of pyridine rings is 1. The van der Waals surface area contributed by atoms with Gasteiger partial charge in [-0.2, -0.15) is 13.2 Å². The Hall–Kier alpha value is -1.79. The zero-order chi connectivity index (χ0) is 15.5. The summed E-state index contributed by atoms with van der Waals surface area (Å²) in [6, 6.07) is 2.82. The number of hydrogen-bond acceptors (Lipinski definition) is 3. The molecule has 0 saturated heterocycles. The molecule has 0 aliphatic heterocycles. The van der Waals surface area contributed by atoms with Crippen molar-refractivity contribution in [1.82, 2.24) is 9.88 Å². The second-order valence-electron chi connectivity index (χ2n) is 5.14. The normalized spacial score (nSPS) is 14.9. The molecule has 116 valence electrons. The van der Waals surface area contributed by atoms with Crippen LogP contribution >= 0.6 is 0 Å². The third-order valence-electron chi connectivity index (χ3n) is 3.16. The molecule has 1 saturated carbocycles. The van der Waals surface area contributed by atoms with Crippen LogP contribution in [0, 0.1) is 0 Å². The van der Waals surface area contributed by atoms with Gasteiger partial charge in [-0.1, -0.05) is 6.92 Å². The van der Waals surface area contributed by atoms with E-state index < -0.39 is 18.6 Å². The minimum atomic E-state index is -4.39. The fraction of sp³-hybridized carbons (Fsp3) is 0.571. The van der Waals surface area contributed by atoms with Crippen LogP contribution in [-0.4, -0.2) is 41.1 Å². The quantitative estimate of drug-likeness (QED) is 0.878. The molecule has 2 rings (SSSR count). The molecule has 1 aliphatic rings. The molecule has 0 bridgehead atoms. The highest BCUT2D eigenvalue weighted by atomic mass is 19.4. The molecule has 4 nitrogen and oxygen atoms in total. The maximum absolute atomic E-state index is 12.5. The van der Waals surface area contributed by atoms with E-state index in [1.165, 1.54) is 12.3 Å². The van der Waals surface area contributed by atoms with Gasteiger partial charge in [-0.15, -0.1) is 0 Å². The van der Waals surface area contributed by atoms with Crippen molar-refractivity contribution in [1.29, 1.82) is 0 Å². The molecule has 1 amide bonds. The minimum Gasteiger partial charge on any atom is -0.384 e. The summed E-state index contributed by atoms with van der Waals surface area (Å²) >= 11 is 0. The number of rotatable bonds is 6. The molecular formula is C14H18F3N3O. The highest BCUT2D eigenvalue weighted by molar-refractivity contribution is 5.93. The van der Waals surface area contributed by atoms with Crippen molar-refractivity contribution >= 4 is 11.6 Å². The van der Waals surface area contributed by atoms with E-state index in [1.807, 2.05) is 6.92 Å². The third kappa shape index (κ3) is 4.61. The van der Waals surface area contributed by atoms with Crippen LogP contribution < -0.4 is 5.32 Å². The van der Waals surface area contributed by atoms with Crippen LogP contribution in [0.25, 0.3) is 0 Å². The number of aromatic nitrogens is 1. The largest absolute Gasteiger partial charge is 0.406 e. The van der Waals surface area contributed by atoms with Crippen LogP contribution in [0.5, 0.6) is 0 Å².